The van der Waals surface area contributed by atoms with E-state index in [0.29, 0.717) is 5.75 Å². The fourth-order valence-corrected chi connectivity index (χ4v) is 0.679. The van der Waals surface area contributed by atoms with Crippen molar-refractivity contribution in [3.05, 3.63) is 30.1 Å². The number of hydrogen-bond donors (Lipinski definition) is 1. The van der Waals surface area contributed by atoms with Crippen molar-refractivity contribution in [2.75, 3.05) is 0 Å². The minimum atomic E-state index is -0.306. The highest BCUT2D eigenvalue weighted by atomic mass is 19.1. The molecule has 0 bridgehead atoms. The van der Waals surface area contributed by atoms with Crippen LogP contribution < -0.4 is 4.74 Å². The molecule has 0 saturated heterocycles. The second kappa shape index (κ2) is 3.14. The van der Waals surface area contributed by atoms with Gasteiger partial charge in [-0.25, -0.2) is 4.39 Å². The summed E-state index contributed by atoms with van der Waals surface area (Å²) in [6.07, 6.45) is 0. The molecule has 0 spiro atoms. The highest BCUT2D eigenvalue weighted by Gasteiger charge is 1.94. The predicted octanol–water partition coefficient (Wildman–Crippen LogP) is 2.20. The molecule has 2 nitrogen and oxygen atoms in total. The third kappa shape index (κ3) is 2.37. The monoisotopic (exact) mass is 153 g/mol. The number of benzene rings is 1. The minimum Gasteiger partial charge on any atom is -0.444 e. The molecule has 0 fully saturated rings. The molecule has 0 unspecified atom stereocenters. The maximum Gasteiger partial charge on any atom is 0.184 e. The SMILES string of the molecule is CC(=N)Oc1ccc(F)cc1. The van der Waals surface area contributed by atoms with Crippen molar-refractivity contribution in [1.82, 2.24) is 0 Å². The lowest BCUT2D eigenvalue weighted by Crippen LogP contribution is -1.99. The summed E-state index contributed by atoms with van der Waals surface area (Å²) in [5.41, 5.74) is 0. The number of halogens is 1. The Labute approximate surface area is 64.1 Å². The highest BCUT2D eigenvalue weighted by molar-refractivity contribution is 5.72. The zero-order valence-corrected chi connectivity index (χ0v) is 6.10. The summed E-state index contributed by atoms with van der Waals surface area (Å²) in [7, 11) is 0. The Morgan fingerprint density at radius 1 is 1.36 bits per heavy atom. The standard InChI is InChI=1S/C8H8FNO/c1-6(10)11-8-4-2-7(9)3-5-8/h2-5,10H,1H3. The Bertz CT molecular complexity index is 255. The summed E-state index contributed by atoms with van der Waals surface area (Å²) in [5, 5.41) is 6.97. The van der Waals surface area contributed by atoms with Crippen LogP contribution in [0.15, 0.2) is 24.3 Å². The van der Waals surface area contributed by atoms with Crippen molar-refractivity contribution in [1.29, 1.82) is 5.41 Å². The molecule has 1 aromatic rings. The fourth-order valence-electron chi connectivity index (χ4n) is 0.679. The van der Waals surface area contributed by atoms with Crippen LogP contribution >= 0.6 is 0 Å². The van der Waals surface area contributed by atoms with Gasteiger partial charge in [-0.05, 0) is 24.3 Å². The predicted molar refractivity (Wildman–Crippen MR) is 40.4 cm³/mol. The van der Waals surface area contributed by atoms with E-state index in [4.69, 9.17) is 10.1 Å². The Morgan fingerprint density at radius 3 is 2.36 bits per heavy atom. The summed E-state index contributed by atoms with van der Waals surface area (Å²) in [6, 6.07) is 5.54. The lowest BCUT2D eigenvalue weighted by atomic mass is 10.3. The van der Waals surface area contributed by atoms with Crippen LogP contribution in [0.5, 0.6) is 5.75 Å². The summed E-state index contributed by atoms with van der Waals surface area (Å²) in [5.74, 6) is 0.274. The van der Waals surface area contributed by atoms with E-state index in [1.165, 1.54) is 31.2 Å². The van der Waals surface area contributed by atoms with Crippen LogP contribution in [0.1, 0.15) is 6.92 Å². The van der Waals surface area contributed by atoms with Gasteiger partial charge in [0.05, 0.1) is 0 Å². The first-order valence-electron chi connectivity index (χ1n) is 3.17. The number of nitrogens with one attached hydrogen (secondary N) is 1. The quantitative estimate of drug-likeness (QED) is 0.487. The first-order chi connectivity index (χ1) is 5.18. The molecular formula is C8H8FNO. The number of hydrogen-bond acceptors (Lipinski definition) is 2. The van der Waals surface area contributed by atoms with E-state index in [1.807, 2.05) is 0 Å². The molecular weight excluding hydrogens is 145 g/mol. The molecule has 11 heavy (non-hydrogen) atoms. The van der Waals surface area contributed by atoms with Gasteiger partial charge in [0.15, 0.2) is 5.90 Å². The average molecular weight is 153 g/mol. The minimum absolute atomic E-state index is 0.0941. The zero-order valence-electron chi connectivity index (χ0n) is 6.10. The second-order valence-corrected chi connectivity index (χ2v) is 2.11. The van der Waals surface area contributed by atoms with Crippen LogP contribution in [0.2, 0.25) is 0 Å². The van der Waals surface area contributed by atoms with Gasteiger partial charge >= 0.3 is 0 Å². The second-order valence-electron chi connectivity index (χ2n) is 2.11. The molecule has 0 aliphatic rings. The largest absolute Gasteiger partial charge is 0.444 e. The molecule has 0 atom stereocenters. The molecule has 0 radical (unpaired) electrons. The first-order valence-corrected chi connectivity index (χ1v) is 3.17. The molecule has 0 heterocycles. The third-order valence-electron chi connectivity index (χ3n) is 1.08. The maximum atomic E-state index is 12.3. The molecule has 0 aliphatic heterocycles. The maximum absolute atomic E-state index is 12.3. The van der Waals surface area contributed by atoms with Gasteiger partial charge in [-0.15, -0.1) is 0 Å². The Kier molecular flexibility index (Phi) is 2.21. The van der Waals surface area contributed by atoms with E-state index in [1.54, 1.807) is 0 Å². The highest BCUT2D eigenvalue weighted by Crippen LogP contribution is 2.10. The van der Waals surface area contributed by atoms with Gasteiger partial charge in [-0.1, -0.05) is 0 Å². The Morgan fingerprint density at radius 2 is 1.91 bits per heavy atom. The zero-order chi connectivity index (χ0) is 8.27. The first kappa shape index (κ1) is 7.72. The number of ether oxygens (including phenoxy) is 1. The van der Waals surface area contributed by atoms with Crippen LogP contribution in [0.3, 0.4) is 0 Å². The van der Waals surface area contributed by atoms with Crippen molar-refractivity contribution in [3.63, 3.8) is 0 Å². The number of rotatable bonds is 1. The molecule has 0 aliphatic carbocycles. The Hall–Kier alpha value is -1.38. The van der Waals surface area contributed by atoms with Crippen molar-refractivity contribution >= 4 is 5.90 Å². The molecule has 1 aromatic carbocycles. The van der Waals surface area contributed by atoms with E-state index >= 15 is 0 Å². The van der Waals surface area contributed by atoms with Crippen molar-refractivity contribution in [2.24, 2.45) is 0 Å². The summed E-state index contributed by atoms with van der Waals surface area (Å²) < 4.78 is 17.2. The summed E-state index contributed by atoms with van der Waals surface area (Å²) in [4.78, 5) is 0. The molecule has 0 saturated carbocycles. The van der Waals surface area contributed by atoms with E-state index in [2.05, 4.69) is 0 Å². The molecule has 0 amide bonds. The topological polar surface area (TPSA) is 33.1 Å². The molecule has 3 heteroatoms. The van der Waals surface area contributed by atoms with E-state index in [0.717, 1.165) is 0 Å². The van der Waals surface area contributed by atoms with Crippen LogP contribution in [0.25, 0.3) is 0 Å². The van der Waals surface area contributed by atoms with Gasteiger partial charge in [-0.3, -0.25) is 5.41 Å². The molecule has 58 valence electrons. The molecule has 1 rings (SSSR count). The van der Waals surface area contributed by atoms with E-state index < -0.39 is 0 Å². The van der Waals surface area contributed by atoms with Gasteiger partial charge in [0.2, 0.25) is 0 Å². The van der Waals surface area contributed by atoms with Crippen molar-refractivity contribution < 1.29 is 9.13 Å². The van der Waals surface area contributed by atoms with Gasteiger partial charge < -0.3 is 4.74 Å². The normalized spacial score (nSPS) is 9.27. The van der Waals surface area contributed by atoms with E-state index in [-0.39, 0.29) is 11.7 Å². The Balaban J connectivity index is 2.74. The van der Waals surface area contributed by atoms with Gasteiger partial charge in [-0.2, -0.15) is 0 Å². The lowest BCUT2D eigenvalue weighted by Gasteiger charge is -2.00. The van der Waals surface area contributed by atoms with Crippen LogP contribution in [-0.2, 0) is 0 Å². The van der Waals surface area contributed by atoms with Gasteiger partial charge in [0.1, 0.15) is 11.6 Å². The smallest absolute Gasteiger partial charge is 0.184 e. The van der Waals surface area contributed by atoms with Crippen LogP contribution in [0.4, 0.5) is 4.39 Å². The fraction of sp³-hybridized carbons (Fsp3) is 0.125. The van der Waals surface area contributed by atoms with Crippen LogP contribution in [-0.4, -0.2) is 5.90 Å². The molecule has 1 N–H and O–H groups in total. The lowest BCUT2D eigenvalue weighted by molar-refractivity contribution is 0.537. The summed E-state index contributed by atoms with van der Waals surface area (Å²) in [6.45, 7) is 1.52. The average Bonchev–Trinajstić information content (AvgIpc) is 1.93. The van der Waals surface area contributed by atoms with Gasteiger partial charge in [0, 0.05) is 6.92 Å². The molecule has 0 aromatic heterocycles. The third-order valence-corrected chi connectivity index (χ3v) is 1.08. The van der Waals surface area contributed by atoms with Crippen molar-refractivity contribution in [2.45, 2.75) is 6.92 Å². The van der Waals surface area contributed by atoms with Crippen molar-refractivity contribution in [3.8, 4) is 5.75 Å². The van der Waals surface area contributed by atoms with Crippen LogP contribution in [0, 0.1) is 11.2 Å². The van der Waals surface area contributed by atoms with Gasteiger partial charge in [0.25, 0.3) is 0 Å². The van der Waals surface area contributed by atoms with E-state index in [9.17, 15) is 4.39 Å². The summed E-state index contributed by atoms with van der Waals surface area (Å²) >= 11 is 0.